The molecule has 1 heterocycles. The molecule has 2 atom stereocenters. The first kappa shape index (κ1) is 30.4. The maximum Gasteiger partial charge on any atom is 0.306 e. The number of fused-ring (bicyclic) bond motifs is 3. The molecule has 1 saturated heterocycles. The molecule has 2 aliphatic carbocycles. The van der Waals surface area contributed by atoms with Crippen molar-refractivity contribution in [3.8, 4) is 0 Å². The summed E-state index contributed by atoms with van der Waals surface area (Å²) in [4.78, 5) is 28.7. The van der Waals surface area contributed by atoms with Gasteiger partial charge >= 0.3 is 5.97 Å². The average Bonchev–Trinajstić information content (AvgIpc) is 3.40. The molecular weight excluding hydrogens is 632 g/mol. The van der Waals surface area contributed by atoms with Gasteiger partial charge in [0.2, 0.25) is 5.91 Å². The number of hydrogen-bond donors (Lipinski definition) is 1. The van der Waals surface area contributed by atoms with E-state index in [1.165, 1.54) is 23.9 Å². The van der Waals surface area contributed by atoms with E-state index in [2.05, 4.69) is 0 Å². The van der Waals surface area contributed by atoms with Crippen LogP contribution in [0.2, 0.25) is 10.0 Å². The van der Waals surface area contributed by atoms with Gasteiger partial charge in [0.1, 0.15) is 10.6 Å². The highest BCUT2D eigenvalue weighted by atomic mass is 35.5. The molecule has 6 nitrogen and oxygen atoms in total. The van der Waals surface area contributed by atoms with Crippen molar-refractivity contribution >= 4 is 56.7 Å². The van der Waals surface area contributed by atoms with Crippen molar-refractivity contribution in [2.45, 2.75) is 70.4 Å². The predicted molar refractivity (Wildman–Crippen MR) is 164 cm³/mol. The monoisotopic (exact) mass is 661 g/mol. The third-order valence-corrected chi connectivity index (χ3v) is 13.8. The minimum absolute atomic E-state index is 0.0179. The fraction of sp³-hybridized carbons (Fsp3) is 0.375. The zero-order valence-corrected chi connectivity index (χ0v) is 26.3. The Morgan fingerprint density at radius 3 is 2.23 bits per heavy atom. The number of amides is 1. The van der Waals surface area contributed by atoms with Crippen LogP contribution in [0.25, 0.3) is 0 Å². The standard InChI is InChI=1S/C32H30Cl2FNO5S2/c33-26-2-1-3-27(34)29(26)42-23-11-14-25-21(18-23)8-15-28-32(25,43(40,41)24-12-9-22(35)10-13-24)16-17-36(28)30(37)19-4-6-20(7-5-19)31(38)39/h1-3,9-14,18-20,28H,4-8,15-17H2,(H,38,39)/t19?,20?,28-,32-/m1/s1. The topological polar surface area (TPSA) is 91.8 Å². The zero-order valence-electron chi connectivity index (χ0n) is 23.1. The van der Waals surface area contributed by atoms with Crippen molar-refractivity contribution in [3.05, 3.63) is 87.7 Å². The van der Waals surface area contributed by atoms with Crippen molar-refractivity contribution < 1.29 is 27.5 Å². The quantitative estimate of drug-likeness (QED) is 0.277. The molecule has 1 amide bonds. The summed E-state index contributed by atoms with van der Waals surface area (Å²) in [5.41, 5.74) is 1.54. The maximum atomic E-state index is 14.6. The zero-order chi connectivity index (χ0) is 30.5. The Labute approximate surface area is 264 Å². The Balaban J connectivity index is 1.39. The summed E-state index contributed by atoms with van der Waals surface area (Å²) in [6, 6.07) is 15.3. The number of likely N-dealkylation sites (tertiary alicyclic amines) is 1. The lowest BCUT2D eigenvalue weighted by Crippen LogP contribution is -2.53. The largest absolute Gasteiger partial charge is 0.481 e. The lowest BCUT2D eigenvalue weighted by molar-refractivity contribution is -0.146. The SMILES string of the molecule is O=C(O)C1CCC(C(=O)N2CC[C@@]3(S(=O)(=O)c4ccc(F)cc4)c4ccc(Sc5c(Cl)cccc5Cl)cc4CC[C@@H]23)CC1. The van der Waals surface area contributed by atoms with Gasteiger partial charge in [-0.3, -0.25) is 9.59 Å². The summed E-state index contributed by atoms with van der Waals surface area (Å²) < 4.78 is 41.7. The lowest BCUT2D eigenvalue weighted by Gasteiger charge is -2.43. The molecule has 3 aromatic rings. The van der Waals surface area contributed by atoms with Gasteiger partial charge in [0.15, 0.2) is 9.84 Å². The van der Waals surface area contributed by atoms with Crippen LogP contribution in [-0.4, -0.2) is 42.9 Å². The van der Waals surface area contributed by atoms with Gasteiger partial charge in [0.25, 0.3) is 0 Å². The molecule has 43 heavy (non-hydrogen) atoms. The molecule has 1 saturated carbocycles. The summed E-state index contributed by atoms with van der Waals surface area (Å²) in [7, 11) is -4.08. The van der Waals surface area contributed by atoms with E-state index in [9.17, 15) is 27.5 Å². The van der Waals surface area contributed by atoms with E-state index in [0.717, 1.165) is 22.6 Å². The highest BCUT2D eigenvalue weighted by molar-refractivity contribution is 7.99. The number of carboxylic acid groups (broad SMARTS) is 1. The summed E-state index contributed by atoms with van der Waals surface area (Å²) in [6.45, 7) is 0.272. The number of rotatable bonds is 6. The molecule has 11 heteroatoms. The van der Waals surface area contributed by atoms with E-state index in [1.807, 2.05) is 18.2 Å². The van der Waals surface area contributed by atoms with Gasteiger partial charge in [-0.25, -0.2) is 12.8 Å². The third-order valence-electron chi connectivity index (χ3n) is 9.31. The second kappa shape index (κ2) is 11.7. The third kappa shape index (κ3) is 5.26. The van der Waals surface area contributed by atoms with E-state index in [-0.39, 0.29) is 29.7 Å². The van der Waals surface area contributed by atoms with Gasteiger partial charge in [-0.15, -0.1) is 0 Å². The molecule has 1 aliphatic heterocycles. The van der Waals surface area contributed by atoms with Crippen LogP contribution < -0.4 is 0 Å². The normalized spacial score (nSPS) is 25.2. The summed E-state index contributed by atoms with van der Waals surface area (Å²) in [5, 5.41) is 10.4. The highest BCUT2D eigenvalue weighted by Gasteiger charge is 2.61. The van der Waals surface area contributed by atoms with E-state index >= 15 is 0 Å². The van der Waals surface area contributed by atoms with Gasteiger partial charge in [0.05, 0.1) is 26.9 Å². The lowest BCUT2D eigenvalue weighted by atomic mass is 9.78. The first-order valence-electron chi connectivity index (χ1n) is 14.3. The van der Waals surface area contributed by atoms with Crippen LogP contribution in [0.15, 0.2) is 75.4 Å². The number of carboxylic acids is 1. The molecule has 0 aromatic heterocycles. The van der Waals surface area contributed by atoms with Crippen LogP contribution in [0.1, 0.15) is 49.7 Å². The molecule has 3 aromatic carbocycles. The highest BCUT2D eigenvalue weighted by Crippen LogP contribution is 2.54. The molecule has 226 valence electrons. The van der Waals surface area contributed by atoms with E-state index in [1.54, 1.807) is 23.1 Å². The van der Waals surface area contributed by atoms with Crippen molar-refractivity contribution in [1.82, 2.24) is 4.90 Å². The Morgan fingerprint density at radius 1 is 0.930 bits per heavy atom. The Morgan fingerprint density at radius 2 is 1.58 bits per heavy atom. The molecule has 0 radical (unpaired) electrons. The van der Waals surface area contributed by atoms with Crippen molar-refractivity contribution in [3.63, 3.8) is 0 Å². The summed E-state index contributed by atoms with van der Waals surface area (Å²) in [5.74, 6) is -2.25. The van der Waals surface area contributed by atoms with Gasteiger partial charge in [-0.1, -0.05) is 47.1 Å². The smallest absolute Gasteiger partial charge is 0.306 e. The fourth-order valence-corrected chi connectivity index (χ4v) is 11.1. The van der Waals surface area contributed by atoms with Crippen LogP contribution >= 0.6 is 35.0 Å². The second-order valence-electron chi connectivity index (χ2n) is 11.5. The summed E-state index contributed by atoms with van der Waals surface area (Å²) in [6.07, 6.45) is 3.04. The average molecular weight is 663 g/mol. The van der Waals surface area contributed by atoms with Crippen LogP contribution in [0.3, 0.4) is 0 Å². The van der Waals surface area contributed by atoms with Crippen molar-refractivity contribution in [2.75, 3.05) is 6.54 Å². The Kier molecular flexibility index (Phi) is 8.30. The fourth-order valence-electron chi connectivity index (χ4n) is 7.18. The van der Waals surface area contributed by atoms with E-state index in [4.69, 9.17) is 23.2 Å². The van der Waals surface area contributed by atoms with Gasteiger partial charge in [-0.05, 0) is 105 Å². The number of benzene rings is 3. The van der Waals surface area contributed by atoms with Gasteiger partial charge in [-0.2, -0.15) is 0 Å². The van der Waals surface area contributed by atoms with Crippen LogP contribution in [0, 0.1) is 17.7 Å². The van der Waals surface area contributed by atoms with Crippen LogP contribution in [0.5, 0.6) is 0 Å². The molecule has 3 aliphatic rings. The van der Waals surface area contributed by atoms with Crippen molar-refractivity contribution in [2.24, 2.45) is 11.8 Å². The Bertz CT molecular complexity index is 1670. The maximum absolute atomic E-state index is 14.6. The number of hydrogen-bond acceptors (Lipinski definition) is 5. The summed E-state index contributed by atoms with van der Waals surface area (Å²) >= 11 is 14.2. The minimum atomic E-state index is -4.08. The number of sulfone groups is 1. The molecule has 2 fully saturated rings. The molecule has 0 spiro atoms. The Hall–Kier alpha value is -2.59. The molecule has 0 bridgehead atoms. The second-order valence-corrected chi connectivity index (χ2v) is 15.6. The molecule has 0 unspecified atom stereocenters. The first-order chi connectivity index (χ1) is 20.5. The van der Waals surface area contributed by atoms with Crippen LogP contribution in [-0.2, 0) is 30.6 Å². The number of aryl methyl sites for hydroxylation is 1. The number of carbonyl (C=O) groups excluding carboxylic acids is 1. The van der Waals surface area contributed by atoms with Gasteiger partial charge in [0, 0.05) is 22.3 Å². The van der Waals surface area contributed by atoms with Crippen LogP contribution in [0.4, 0.5) is 4.39 Å². The number of carbonyl (C=O) groups is 2. The predicted octanol–water partition coefficient (Wildman–Crippen LogP) is 7.39. The van der Waals surface area contributed by atoms with E-state index < -0.39 is 38.3 Å². The minimum Gasteiger partial charge on any atom is -0.481 e. The number of halogens is 3. The first-order valence-corrected chi connectivity index (χ1v) is 17.4. The molecular formula is C32H30Cl2FNO5S2. The molecule has 6 rings (SSSR count). The van der Waals surface area contributed by atoms with Crippen molar-refractivity contribution in [1.29, 1.82) is 0 Å². The number of nitrogens with zero attached hydrogens (tertiary/aromatic N) is 1. The van der Waals surface area contributed by atoms with E-state index in [0.29, 0.717) is 59.0 Å². The van der Waals surface area contributed by atoms with Gasteiger partial charge < -0.3 is 10.0 Å². The number of aliphatic carboxylic acids is 1. The molecule has 1 N–H and O–H groups in total.